The molecule has 0 aromatic rings. The summed E-state index contributed by atoms with van der Waals surface area (Å²) in [5, 5.41) is -0.230. The Morgan fingerprint density at radius 3 is 1.81 bits per heavy atom. The number of carbonyl (C=O) groups excluding carboxylic acids is 3. The third-order valence-corrected chi connectivity index (χ3v) is 3.73. The summed E-state index contributed by atoms with van der Waals surface area (Å²) >= 11 is 5.33. The molecule has 150 valence electrons. The van der Waals surface area contributed by atoms with Crippen molar-refractivity contribution in [2.24, 2.45) is 0 Å². The van der Waals surface area contributed by atoms with Gasteiger partial charge in [0.15, 0.2) is 0 Å². The van der Waals surface area contributed by atoms with Crippen molar-refractivity contribution in [3.8, 4) is 0 Å². The maximum atomic E-state index is 11.5. The monoisotopic (exact) mass is 390 g/mol. The number of carbonyl (C=O) groups is 3. The number of unbranched alkanes of at least 4 members (excludes halogenated alkanes) is 6. The number of hydrogen-bond donors (Lipinski definition) is 0. The Bertz CT molecular complexity index is 436. The van der Waals surface area contributed by atoms with Crippen molar-refractivity contribution < 1.29 is 28.6 Å². The van der Waals surface area contributed by atoms with E-state index in [2.05, 4.69) is 18.2 Å². The second-order valence-electron chi connectivity index (χ2n) is 5.96. The molecule has 0 atom stereocenters. The topological polar surface area (TPSA) is 78.9 Å². The number of esters is 3. The van der Waals surface area contributed by atoms with Crippen molar-refractivity contribution in [1.82, 2.24) is 0 Å². The van der Waals surface area contributed by atoms with Crippen LogP contribution >= 0.6 is 11.6 Å². The Hall–Kier alpha value is -1.56. The number of halogens is 1. The van der Waals surface area contributed by atoms with Crippen LogP contribution in [0.2, 0.25) is 0 Å². The quantitative estimate of drug-likeness (QED) is 0.169. The van der Waals surface area contributed by atoms with E-state index in [1.54, 1.807) is 0 Å². The van der Waals surface area contributed by atoms with Crippen molar-refractivity contribution in [3.63, 3.8) is 0 Å². The molecule has 6 nitrogen and oxygen atoms in total. The molecule has 0 heterocycles. The van der Waals surface area contributed by atoms with Crippen LogP contribution < -0.4 is 0 Å². The summed E-state index contributed by atoms with van der Waals surface area (Å²) in [7, 11) is 0. The van der Waals surface area contributed by atoms with Crippen LogP contribution in [0, 0.1) is 0 Å². The minimum Gasteiger partial charge on any atom is -0.466 e. The molecule has 0 fully saturated rings. The van der Waals surface area contributed by atoms with Crippen molar-refractivity contribution in [3.05, 3.63) is 11.6 Å². The van der Waals surface area contributed by atoms with Gasteiger partial charge in [-0.05, 0) is 12.8 Å². The largest absolute Gasteiger partial charge is 0.466 e. The molecule has 0 unspecified atom stereocenters. The van der Waals surface area contributed by atoms with E-state index in [9.17, 15) is 14.4 Å². The van der Waals surface area contributed by atoms with Crippen LogP contribution in [0.1, 0.15) is 71.1 Å². The van der Waals surface area contributed by atoms with Gasteiger partial charge in [0.05, 0.1) is 6.61 Å². The standard InChI is InChI=1S/C19H31ClO6/c1-3-4-5-6-7-8-9-13-24-17(21)11-10-12-18(22)25-14-15-26-19(23)16(2)20/h2-15H2,1H3. The van der Waals surface area contributed by atoms with E-state index in [4.69, 9.17) is 21.1 Å². The lowest BCUT2D eigenvalue weighted by Crippen LogP contribution is -2.14. The molecule has 0 amide bonds. The predicted octanol–water partition coefficient (Wildman–Crippen LogP) is 4.29. The molecule has 7 heteroatoms. The Morgan fingerprint density at radius 2 is 1.23 bits per heavy atom. The van der Waals surface area contributed by atoms with Crippen LogP contribution in [0.25, 0.3) is 0 Å². The maximum absolute atomic E-state index is 11.5. The summed E-state index contributed by atoms with van der Waals surface area (Å²) in [5.74, 6) is -1.49. The highest BCUT2D eigenvalue weighted by atomic mass is 35.5. The summed E-state index contributed by atoms with van der Waals surface area (Å²) < 4.78 is 14.7. The van der Waals surface area contributed by atoms with E-state index in [0.29, 0.717) is 13.0 Å². The number of rotatable bonds is 16. The van der Waals surface area contributed by atoms with E-state index >= 15 is 0 Å². The molecule has 0 aliphatic heterocycles. The minimum absolute atomic E-state index is 0.0581. The first-order chi connectivity index (χ1) is 12.5. The zero-order valence-electron chi connectivity index (χ0n) is 15.7. The smallest absolute Gasteiger partial charge is 0.349 e. The molecule has 0 bridgehead atoms. The SMILES string of the molecule is C=C(Cl)C(=O)OCCOC(=O)CCCC(=O)OCCCCCCCCC. The van der Waals surface area contributed by atoms with Gasteiger partial charge in [0.25, 0.3) is 0 Å². The zero-order valence-corrected chi connectivity index (χ0v) is 16.5. The van der Waals surface area contributed by atoms with Gasteiger partial charge in [-0.15, -0.1) is 0 Å². The van der Waals surface area contributed by atoms with Crippen molar-refractivity contribution in [1.29, 1.82) is 0 Å². The Kier molecular flexibility index (Phi) is 15.9. The van der Waals surface area contributed by atoms with Crippen LogP contribution in [0.15, 0.2) is 11.6 Å². The van der Waals surface area contributed by atoms with Crippen molar-refractivity contribution >= 4 is 29.5 Å². The fourth-order valence-electron chi connectivity index (χ4n) is 2.13. The van der Waals surface area contributed by atoms with Gasteiger partial charge in [-0.3, -0.25) is 9.59 Å². The fraction of sp³-hybridized carbons (Fsp3) is 0.737. The molecule has 0 aromatic carbocycles. The fourth-order valence-corrected chi connectivity index (χ4v) is 2.19. The zero-order chi connectivity index (χ0) is 19.6. The Morgan fingerprint density at radius 1 is 0.731 bits per heavy atom. The lowest BCUT2D eigenvalue weighted by atomic mass is 10.1. The average Bonchev–Trinajstić information content (AvgIpc) is 2.60. The number of hydrogen-bond acceptors (Lipinski definition) is 6. The van der Waals surface area contributed by atoms with Crippen LogP contribution in [0.4, 0.5) is 0 Å². The van der Waals surface area contributed by atoms with Crippen LogP contribution in [0.3, 0.4) is 0 Å². The second-order valence-corrected chi connectivity index (χ2v) is 6.41. The van der Waals surface area contributed by atoms with E-state index in [1.807, 2.05) is 0 Å². The van der Waals surface area contributed by atoms with Crippen molar-refractivity contribution in [2.45, 2.75) is 71.1 Å². The predicted molar refractivity (Wildman–Crippen MR) is 99.7 cm³/mol. The molecule has 0 saturated carbocycles. The Balaban J connectivity index is 3.45. The molecule has 0 aromatic heterocycles. The van der Waals surface area contributed by atoms with Crippen LogP contribution in [0.5, 0.6) is 0 Å². The molecule has 0 aliphatic rings. The van der Waals surface area contributed by atoms with E-state index in [0.717, 1.165) is 12.8 Å². The van der Waals surface area contributed by atoms with Crippen LogP contribution in [-0.2, 0) is 28.6 Å². The molecule has 0 rings (SSSR count). The molecule has 0 N–H and O–H groups in total. The van der Waals surface area contributed by atoms with Gasteiger partial charge >= 0.3 is 17.9 Å². The molecular weight excluding hydrogens is 360 g/mol. The second kappa shape index (κ2) is 16.9. The first-order valence-electron chi connectivity index (χ1n) is 9.30. The molecule has 26 heavy (non-hydrogen) atoms. The molecule has 0 saturated heterocycles. The summed E-state index contributed by atoms with van der Waals surface area (Å²) in [6.45, 7) is 5.70. The van der Waals surface area contributed by atoms with Crippen LogP contribution in [-0.4, -0.2) is 37.7 Å². The van der Waals surface area contributed by atoms with Gasteiger partial charge in [-0.2, -0.15) is 0 Å². The normalized spacial score (nSPS) is 10.2. The van der Waals surface area contributed by atoms with Gasteiger partial charge in [-0.1, -0.05) is 63.6 Å². The minimum atomic E-state index is -0.744. The van der Waals surface area contributed by atoms with E-state index in [1.165, 1.54) is 32.1 Å². The Labute approximate surface area is 161 Å². The molecular formula is C19H31ClO6. The lowest BCUT2D eigenvalue weighted by molar-refractivity contribution is -0.150. The van der Waals surface area contributed by atoms with Gasteiger partial charge in [0, 0.05) is 12.8 Å². The first kappa shape index (κ1) is 24.4. The third-order valence-electron chi connectivity index (χ3n) is 3.57. The number of ether oxygens (including phenoxy) is 3. The van der Waals surface area contributed by atoms with Gasteiger partial charge in [0.1, 0.15) is 18.2 Å². The maximum Gasteiger partial charge on any atom is 0.349 e. The highest BCUT2D eigenvalue weighted by Crippen LogP contribution is 2.07. The molecule has 0 spiro atoms. The third kappa shape index (κ3) is 15.9. The highest BCUT2D eigenvalue weighted by Gasteiger charge is 2.09. The van der Waals surface area contributed by atoms with Gasteiger partial charge in [0.2, 0.25) is 0 Å². The molecule has 0 aliphatic carbocycles. The van der Waals surface area contributed by atoms with E-state index < -0.39 is 11.9 Å². The van der Waals surface area contributed by atoms with Gasteiger partial charge in [-0.25, -0.2) is 4.79 Å². The van der Waals surface area contributed by atoms with E-state index in [-0.39, 0.29) is 37.1 Å². The van der Waals surface area contributed by atoms with Crippen molar-refractivity contribution in [2.75, 3.05) is 19.8 Å². The lowest BCUT2D eigenvalue weighted by Gasteiger charge is -2.06. The van der Waals surface area contributed by atoms with Gasteiger partial charge < -0.3 is 14.2 Å². The summed E-state index contributed by atoms with van der Waals surface area (Å²) in [4.78, 5) is 34.0. The summed E-state index contributed by atoms with van der Waals surface area (Å²) in [6.07, 6.45) is 8.84. The summed E-state index contributed by atoms with van der Waals surface area (Å²) in [5.41, 5.74) is 0. The highest BCUT2D eigenvalue weighted by molar-refractivity contribution is 6.40. The first-order valence-corrected chi connectivity index (χ1v) is 9.68. The molecule has 0 radical (unpaired) electrons. The average molecular weight is 391 g/mol. The summed E-state index contributed by atoms with van der Waals surface area (Å²) in [6, 6.07) is 0.